The molecule has 0 bridgehead atoms. The molecule has 2 aromatic rings. The van der Waals surface area contributed by atoms with Crippen molar-refractivity contribution in [2.75, 3.05) is 20.6 Å². The summed E-state index contributed by atoms with van der Waals surface area (Å²) in [5.41, 5.74) is 3.80. The van der Waals surface area contributed by atoms with E-state index in [0.717, 1.165) is 19.0 Å². The smallest absolute Gasteiger partial charge is 0.193 e. The number of hydrogen-bond donors (Lipinski definition) is 1. The first-order chi connectivity index (χ1) is 11.0. The minimum absolute atomic E-state index is 0. The van der Waals surface area contributed by atoms with Crippen molar-refractivity contribution in [1.82, 2.24) is 20.0 Å². The Morgan fingerprint density at radius 2 is 2.00 bits per heavy atom. The first-order valence-electron chi connectivity index (χ1n) is 7.95. The van der Waals surface area contributed by atoms with E-state index in [1.165, 1.54) is 16.7 Å². The van der Waals surface area contributed by atoms with Gasteiger partial charge in [-0.3, -0.25) is 9.67 Å². The summed E-state index contributed by atoms with van der Waals surface area (Å²) in [5.74, 6) is 1.33. The normalized spacial score (nSPS) is 12.5. The summed E-state index contributed by atoms with van der Waals surface area (Å²) in [6.45, 7) is 5.98. The molecular weight excluding hydrogens is 413 g/mol. The Balaban J connectivity index is 0.00000288. The number of aliphatic imine (C=N–C) groups is 1. The summed E-state index contributed by atoms with van der Waals surface area (Å²) >= 11 is 0. The quantitative estimate of drug-likeness (QED) is 0.441. The number of halogens is 1. The maximum atomic E-state index is 4.37. The van der Waals surface area contributed by atoms with E-state index in [0.29, 0.717) is 5.92 Å². The van der Waals surface area contributed by atoms with Crippen LogP contribution in [0.15, 0.2) is 41.7 Å². The molecule has 1 N–H and O–H groups in total. The molecule has 1 atom stereocenters. The highest BCUT2D eigenvalue weighted by Gasteiger charge is 2.10. The molecule has 0 spiro atoms. The molecule has 1 aromatic heterocycles. The lowest BCUT2D eigenvalue weighted by molar-refractivity contribution is 0.473. The van der Waals surface area contributed by atoms with Crippen molar-refractivity contribution in [3.63, 3.8) is 0 Å². The van der Waals surface area contributed by atoms with Gasteiger partial charge >= 0.3 is 0 Å². The Morgan fingerprint density at radius 3 is 2.54 bits per heavy atom. The van der Waals surface area contributed by atoms with Gasteiger partial charge in [-0.1, -0.05) is 36.8 Å². The summed E-state index contributed by atoms with van der Waals surface area (Å²) in [6, 6.07) is 8.72. The largest absolute Gasteiger partial charge is 0.356 e. The predicted octanol–water partition coefficient (Wildman–Crippen LogP) is 3.16. The molecule has 0 aliphatic carbocycles. The van der Waals surface area contributed by atoms with Crippen LogP contribution in [-0.4, -0.2) is 41.3 Å². The second-order valence-corrected chi connectivity index (χ2v) is 6.12. The molecule has 6 heteroatoms. The van der Waals surface area contributed by atoms with E-state index in [9.17, 15) is 0 Å². The molecule has 24 heavy (non-hydrogen) atoms. The molecule has 2 rings (SSSR count). The maximum Gasteiger partial charge on any atom is 0.193 e. The molecule has 0 aliphatic rings. The molecule has 132 valence electrons. The molecule has 1 aromatic carbocycles. The zero-order valence-corrected chi connectivity index (χ0v) is 17.5. The zero-order chi connectivity index (χ0) is 16.8. The van der Waals surface area contributed by atoms with Crippen molar-refractivity contribution in [2.45, 2.75) is 26.3 Å². The molecule has 5 nitrogen and oxygen atoms in total. The van der Waals surface area contributed by atoms with Gasteiger partial charge in [-0.15, -0.1) is 24.0 Å². The van der Waals surface area contributed by atoms with Crippen LogP contribution in [0, 0.1) is 6.92 Å². The molecule has 0 saturated heterocycles. The van der Waals surface area contributed by atoms with Gasteiger partial charge in [-0.2, -0.15) is 5.10 Å². The fourth-order valence-electron chi connectivity index (χ4n) is 2.54. The van der Waals surface area contributed by atoms with Crippen molar-refractivity contribution in [2.24, 2.45) is 12.0 Å². The van der Waals surface area contributed by atoms with Crippen LogP contribution in [0.25, 0.3) is 0 Å². The number of rotatable bonds is 5. The Hall–Kier alpha value is -1.57. The minimum atomic E-state index is 0. The van der Waals surface area contributed by atoms with Gasteiger partial charge in [0.15, 0.2) is 5.96 Å². The third kappa shape index (κ3) is 5.81. The Morgan fingerprint density at radius 1 is 1.33 bits per heavy atom. The Bertz CT molecular complexity index is 648. The molecule has 0 radical (unpaired) electrons. The molecule has 1 unspecified atom stereocenters. The van der Waals surface area contributed by atoms with E-state index in [4.69, 9.17) is 0 Å². The van der Waals surface area contributed by atoms with Crippen molar-refractivity contribution < 1.29 is 0 Å². The van der Waals surface area contributed by atoms with Gasteiger partial charge in [-0.25, -0.2) is 0 Å². The van der Waals surface area contributed by atoms with Gasteiger partial charge < -0.3 is 10.2 Å². The summed E-state index contributed by atoms with van der Waals surface area (Å²) < 4.78 is 1.82. The molecule has 0 fully saturated rings. The van der Waals surface area contributed by atoms with Gasteiger partial charge in [0.1, 0.15) is 0 Å². The number of benzene rings is 1. The van der Waals surface area contributed by atoms with E-state index >= 15 is 0 Å². The van der Waals surface area contributed by atoms with Crippen LogP contribution in [0.5, 0.6) is 0 Å². The third-order valence-electron chi connectivity index (χ3n) is 3.96. The van der Waals surface area contributed by atoms with Gasteiger partial charge in [-0.05, 0) is 18.4 Å². The van der Waals surface area contributed by atoms with Crippen molar-refractivity contribution >= 4 is 29.9 Å². The van der Waals surface area contributed by atoms with E-state index in [1.807, 2.05) is 38.2 Å². The number of aromatic nitrogens is 2. The monoisotopic (exact) mass is 441 g/mol. The van der Waals surface area contributed by atoms with Crippen LogP contribution in [0.3, 0.4) is 0 Å². The molecule has 0 amide bonds. The van der Waals surface area contributed by atoms with E-state index in [2.05, 4.69) is 58.4 Å². The molecule has 0 saturated carbocycles. The van der Waals surface area contributed by atoms with Gasteiger partial charge in [0.2, 0.25) is 0 Å². The van der Waals surface area contributed by atoms with Crippen LogP contribution in [0.1, 0.15) is 29.5 Å². The van der Waals surface area contributed by atoms with Gasteiger partial charge in [0.25, 0.3) is 0 Å². The second-order valence-electron chi connectivity index (χ2n) is 6.12. The predicted molar refractivity (Wildman–Crippen MR) is 111 cm³/mol. The molecule has 1 heterocycles. The van der Waals surface area contributed by atoms with E-state index in [1.54, 1.807) is 0 Å². The third-order valence-corrected chi connectivity index (χ3v) is 3.96. The first-order valence-corrected chi connectivity index (χ1v) is 7.95. The summed E-state index contributed by atoms with van der Waals surface area (Å²) in [5, 5.41) is 7.66. The summed E-state index contributed by atoms with van der Waals surface area (Å²) in [4.78, 5) is 6.48. The van der Waals surface area contributed by atoms with Crippen molar-refractivity contribution in [3.8, 4) is 0 Å². The number of hydrogen-bond acceptors (Lipinski definition) is 2. The van der Waals surface area contributed by atoms with Gasteiger partial charge in [0, 0.05) is 46.0 Å². The summed E-state index contributed by atoms with van der Waals surface area (Å²) in [6.07, 6.45) is 3.91. The van der Waals surface area contributed by atoms with Crippen LogP contribution < -0.4 is 5.32 Å². The Labute approximate surface area is 162 Å². The average Bonchev–Trinajstić information content (AvgIpc) is 2.93. The molecular formula is C18H28IN5. The number of guanidine groups is 1. The molecule has 0 aliphatic heterocycles. The topological polar surface area (TPSA) is 45.5 Å². The minimum Gasteiger partial charge on any atom is -0.356 e. The van der Waals surface area contributed by atoms with E-state index in [-0.39, 0.29) is 24.0 Å². The lowest BCUT2D eigenvalue weighted by Gasteiger charge is -2.23. The lowest BCUT2D eigenvalue weighted by atomic mass is 10.0. The Kier molecular flexibility index (Phi) is 8.24. The zero-order valence-electron chi connectivity index (χ0n) is 15.2. The van der Waals surface area contributed by atoms with Crippen LogP contribution in [0.4, 0.5) is 0 Å². The number of nitrogens with one attached hydrogen (secondary N) is 1. The maximum absolute atomic E-state index is 4.37. The van der Waals surface area contributed by atoms with Crippen LogP contribution in [-0.2, 0) is 13.6 Å². The van der Waals surface area contributed by atoms with E-state index < -0.39 is 0 Å². The SMILES string of the molecule is CN=C(NCC(C)c1ccc(C)cc1)N(C)Cc1cnn(C)c1.I. The highest BCUT2D eigenvalue weighted by Crippen LogP contribution is 2.15. The lowest BCUT2D eigenvalue weighted by Crippen LogP contribution is -2.40. The van der Waals surface area contributed by atoms with Crippen LogP contribution in [0.2, 0.25) is 0 Å². The number of nitrogens with zero attached hydrogens (tertiary/aromatic N) is 4. The first kappa shape index (κ1) is 20.5. The van der Waals surface area contributed by atoms with Crippen LogP contribution >= 0.6 is 24.0 Å². The number of aryl methyl sites for hydroxylation is 2. The summed E-state index contributed by atoms with van der Waals surface area (Å²) in [7, 11) is 5.79. The highest BCUT2D eigenvalue weighted by molar-refractivity contribution is 14.0. The van der Waals surface area contributed by atoms with Crippen molar-refractivity contribution in [3.05, 3.63) is 53.3 Å². The highest BCUT2D eigenvalue weighted by atomic mass is 127. The average molecular weight is 441 g/mol. The standard InChI is InChI=1S/C18H27N5.HI/c1-14-6-8-17(9-7-14)15(2)10-20-18(19-3)22(4)12-16-11-21-23(5)13-16;/h6-9,11,13,15H,10,12H2,1-5H3,(H,19,20);1H. The van der Waals surface area contributed by atoms with Crippen molar-refractivity contribution in [1.29, 1.82) is 0 Å². The van der Waals surface area contributed by atoms with Gasteiger partial charge in [0.05, 0.1) is 6.20 Å². The fourth-order valence-corrected chi connectivity index (χ4v) is 2.54. The fraction of sp³-hybridized carbons (Fsp3) is 0.444. The second kappa shape index (κ2) is 9.66.